The highest BCUT2D eigenvalue weighted by atomic mass is 15.3. The first kappa shape index (κ1) is 12.8. The van der Waals surface area contributed by atoms with Crippen molar-refractivity contribution in [3.05, 3.63) is 78.6 Å². The van der Waals surface area contributed by atoms with Gasteiger partial charge in [-0.2, -0.15) is 5.10 Å². The van der Waals surface area contributed by atoms with Gasteiger partial charge in [0.25, 0.3) is 0 Å². The van der Waals surface area contributed by atoms with E-state index in [1.54, 1.807) is 0 Å². The number of aromatic nitrogens is 3. The van der Waals surface area contributed by atoms with Crippen LogP contribution in [0.4, 0.5) is 0 Å². The molecule has 2 aromatic carbocycles. The molecule has 2 aromatic heterocycles. The highest BCUT2D eigenvalue weighted by Crippen LogP contribution is 2.25. The van der Waals surface area contributed by atoms with Gasteiger partial charge in [-0.25, -0.2) is 4.68 Å². The average Bonchev–Trinajstić information content (AvgIpc) is 2.93. The Bertz CT molecular complexity index is 925. The fourth-order valence-corrected chi connectivity index (χ4v) is 2.69. The van der Waals surface area contributed by atoms with Crippen molar-refractivity contribution in [1.29, 1.82) is 0 Å². The summed E-state index contributed by atoms with van der Waals surface area (Å²) >= 11 is 0. The molecule has 0 spiro atoms. The number of fused-ring (bicyclic) bond motifs is 1. The van der Waals surface area contributed by atoms with Gasteiger partial charge in [-0.3, -0.25) is 4.98 Å². The first-order valence-electron chi connectivity index (χ1n) is 7.29. The predicted octanol–water partition coefficient (Wildman–Crippen LogP) is 4.40. The minimum absolute atomic E-state index is 0.963. The average molecular weight is 285 g/mol. The van der Waals surface area contributed by atoms with Gasteiger partial charge >= 0.3 is 0 Å². The molecule has 0 saturated heterocycles. The van der Waals surface area contributed by atoms with Crippen molar-refractivity contribution in [1.82, 2.24) is 14.8 Å². The van der Waals surface area contributed by atoms with E-state index < -0.39 is 0 Å². The molecule has 0 aliphatic carbocycles. The highest BCUT2D eigenvalue weighted by molar-refractivity contribution is 5.85. The second-order valence-corrected chi connectivity index (χ2v) is 5.29. The van der Waals surface area contributed by atoms with Crippen LogP contribution in [0.15, 0.2) is 72.9 Å². The summed E-state index contributed by atoms with van der Waals surface area (Å²) in [4.78, 5) is 4.59. The summed E-state index contributed by atoms with van der Waals surface area (Å²) in [6.07, 6.45) is 1.92. The maximum atomic E-state index is 4.67. The summed E-state index contributed by atoms with van der Waals surface area (Å²) in [5.74, 6) is 0. The van der Waals surface area contributed by atoms with Crippen LogP contribution in [-0.4, -0.2) is 14.8 Å². The van der Waals surface area contributed by atoms with E-state index >= 15 is 0 Å². The number of hydrogen-bond acceptors (Lipinski definition) is 2. The van der Waals surface area contributed by atoms with Crippen molar-refractivity contribution in [3.63, 3.8) is 0 Å². The Hall–Kier alpha value is -2.94. The van der Waals surface area contributed by atoms with Crippen LogP contribution < -0.4 is 0 Å². The molecule has 4 aromatic rings. The maximum Gasteiger partial charge on any atom is 0.0781 e. The molecule has 0 saturated carbocycles. The van der Waals surface area contributed by atoms with Gasteiger partial charge in [0.2, 0.25) is 0 Å². The lowest BCUT2D eigenvalue weighted by Gasteiger charge is -2.05. The molecule has 0 aliphatic heterocycles. The summed E-state index contributed by atoms with van der Waals surface area (Å²) in [5, 5.41) is 5.76. The zero-order valence-corrected chi connectivity index (χ0v) is 12.3. The van der Waals surface area contributed by atoms with Crippen LogP contribution >= 0.6 is 0 Å². The number of aryl methyl sites for hydroxylation is 1. The van der Waals surface area contributed by atoms with E-state index in [0.717, 1.165) is 33.5 Å². The fraction of sp³-hybridized carbons (Fsp3) is 0.0526. The third-order valence-corrected chi connectivity index (χ3v) is 3.82. The molecule has 0 amide bonds. The maximum absolute atomic E-state index is 4.67. The lowest BCUT2D eigenvalue weighted by Crippen LogP contribution is -1.96. The van der Waals surface area contributed by atoms with Crippen molar-refractivity contribution in [2.75, 3.05) is 0 Å². The molecule has 22 heavy (non-hydrogen) atoms. The molecule has 2 heterocycles. The summed E-state index contributed by atoms with van der Waals surface area (Å²) in [6, 6.07) is 22.5. The zero-order valence-electron chi connectivity index (χ0n) is 12.3. The zero-order chi connectivity index (χ0) is 14.9. The number of pyridine rings is 1. The Balaban J connectivity index is 1.96. The van der Waals surface area contributed by atoms with E-state index in [4.69, 9.17) is 0 Å². The Morgan fingerprint density at radius 3 is 2.27 bits per heavy atom. The molecular weight excluding hydrogens is 270 g/mol. The van der Waals surface area contributed by atoms with E-state index in [9.17, 15) is 0 Å². The molecule has 0 atom stereocenters. The summed E-state index contributed by atoms with van der Waals surface area (Å²) in [7, 11) is 0. The van der Waals surface area contributed by atoms with Gasteiger partial charge in [0.15, 0.2) is 0 Å². The van der Waals surface area contributed by atoms with Crippen molar-refractivity contribution in [2.45, 2.75) is 6.92 Å². The van der Waals surface area contributed by atoms with Crippen LogP contribution in [0.3, 0.4) is 0 Å². The summed E-state index contributed by atoms with van der Waals surface area (Å²) < 4.78 is 1.98. The van der Waals surface area contributed by atoms with E-state index in [1.807, 2.05) is 54.2 Å². The van der Waals surface area contributed by atoms with Crippen LogP contribution in [0.5, 0.6) is 0 Å². The Labute approximate surface area is 128 Å². The standard InChI is InChI=1S/C19H15N3/c1-14-17-13-20-18(15-8-4-2-5-9-15)12-19(17)22(21-14)16-10-6-3-7-11-16/h2-13H,1H3. The highest BCUT2D eigenvalue weighted by Gasteiger charge is 2.11. The van der Waals surface area contributed by atoms with Crippen LogP contribution in [0, 0.1) is 6.92 Å². The van der Waals surface area contributed by atoms with E-state index in [-0.39, 0.29) is 0 Å². The minimum Gasteiger partial charge on any atom is -0.255 e. The van der Waals surface area contributed by atoms with Gasteiger partial charge in [0.1, 0.15) is 0 Å². The molecule has 0 bridgehead atoms. The van der Waals surface area contributed by atoms with E-state index in [0.29, 0.717) is 0 Å². The molecule has 0 unspecified atom stereocenters. The molecule has 0 aliphatic rings. The third-order valence-electron chi connectivity index (χ3n) is 3.82. The number of para-hydroxylation sites is 1. The molecule has 0 N–H and O–H groups in total. The SMILES string of the molecule is Cc1nn(-c2ccccc2)c2cc(-c3ccccc3)ncc12. The molecule has 4 rings (SSSR count). The normalized spacial score (nSPS) is 11.0. The predicted molar refractivity (Wildman–Crippen MR) is 89.0 cm³/mol. The van der Waals surface area contributed by atoms with Crippen LogP contribution in [0.2, 0.25) is 0 Å². The second-order valence-electron chi connectivity index (χ2n) is 5.29. The number of nitrogens with zero attached hydrogens (tertiary/aromatic N) is 3. The quantitative estimate of drug-likeness (QED) is 0.546. The number of rotatable bonds is 2. The van der Waals surface area contributed by atoms with Gasteiger partial charge in [0.05, 0.1) is 22.6 Å². The van der Waals surface area contributed by atoms with Crippen LogP contribution in [0.25, 0.3) is 27.8 Å². The van der Waals surface area contributed by atoms with Gasteiger partial charge in [0, 0.05) is 17.1 Å². The van der Waals surface area contributed by atoms with Crippen molar-refractivity contribution in [3.8, 4) is 16.9 Å². The molecular formula is C19H15N3. The number of hydrogen-bond donors (Lipinski definition) is 0. The van der Waals surface area contributed by atoms with Gasteiger partial charge in [-0.1, -0.05) is 48.5 Å². The van der Waals surface area contributed by atoms with Gasteiger partial charge in [-0.05, 0) is 25.1 Å². The van der Waals surface area contributed by atoms with Gasteiger partial charge in [-0.15, -0.1) is 0 Å². The van der Waals surface area contributed by atoms with Crippen LogP contribution in [0.1, 0.15) is 5.69 Å². The summed E-state index contributed by atoms with van der Waals surface area (Å²) in [5.41, 5.74) is 5.21. The lowest BCUT2D eigenvalue weighted by atomic mass is 10.1. The fourth-order valence-electron chi connectivity index (χ4n) is 2.69. The minimum atomic E-state index is 0.963. The first-order chi connectivity index (χ1) is 10.8. The topological polar surface area (TPSA) is 30.7 Å². The van der Waals surface area contributed by atoms with Crippen molar-refractivity contribution >= 4 is 10.9 Å². The first-order valence-corrected chi connectivity index (χ1v) is 7.29. The Morgan fingerprint density at radius 2 is 1.55 bits per heavy atom. The van der Waals surface area contributed by atoms with Crippen molar-refractivity contribution < 1.29 is 0 Å². The molecule has 3 nitrogen and oxygen atoms in total. The number of benzene rings is 2. The molecule has 3 heteroatoms. The van der Waals surface area contributed by atoms with E-state index in [2.05, 4.69) is 40.4 Å². The molecule has 0 radical (unpaired) electrons. The largest absolute Gasteiger partial charge is 0.255 e. The Morgan fingerprint density at radius 1 is 0.864 bits per heavy atom. The summed E-state index contributed by atoms with van der Waals surface area (Å²) in [6.45, 7) is 2.02. The molecule has 0 fully saturated rings. The second kappa shape index (κ2) is 5.11. The lowest BCUT2D eigenvalue weighted by molar-refractivity contribution is 0.889. The van der Waals surface area contributed by atoms with Crippen LogP contribution in [-0.2, 0) is 0 Å². The van der Waals surface area contributed by atoms with E-state index in [1.165, 1.54) is 0 Å². The smallest absolute Gasteiger partial charge is 0.0781 e. The third kappa shape index (κ3) is 2.07. The van der Waals surface area contributed by atoms with Crippen molar-refractivity contribution in [2.24, 2.45) is 0 Å². The monoisotopic (exact) mass is 285 g/mol. The van der Waals surface area contributed by atoms with Gasteiger partial charge < -0.3 is 0 Å². The Kier molecular flexibility index (Phi) is 2.97. The molecule has 106 valence electrons.